The Balaban J connectivity index is 2.12. The van der Waals surface area contributed by atoms with Gasteiger partial charge in [0, 0.05) is 12.2 Å². The normalized spacial score (nSPS) is 11.6. The second kappa shape index (κ2) is 7.37. The van der Waals surface area contributed by atoms with Crippen molar-refractivity contribution in [3.8, 4) is 22.9 Å². The average Bonchev–Trinajstić information content (AvgIpc) is 3.03. The van der Waals surface area contributed by atoms with E-state index in [1.54, 1.807) is 13.8 Å². The average molecular weight is 387 g/mol. The van der Waals surface area contributed by atoms with E-state index in [1.807, 2.05) is 0 Å². The Labute approximate surface area is 159 Å². The fourth-order valence-electron chi connectivity index (χ4n) is 2.76. The van der Waals surface area contributed by atoms with E-state index in [4.69, 9.17) is 4.74 Å². The number of carbonyl (C=O) groups is 1. The maximum absolute atomic E-state index is 14.4. The molecule has 0 unspecified atom stereocenters. The molecule has 0 amide bonds. The lowest BCUT2D eigenvalue weighted by Gasteiger charge is -2.25. The highest BCUT2D eigenvalue weighted by Gasteiger charge is 2.35. The molecule has 8 nitrogen and oxygen atoms in total. The van der Waals surface area contributed by atoms with Gasteiger partial charge in [0.15, 0.2) is 12.1 Å². The molecule has 0 fully saturated rings. The summed E-state index contributed by atoms with van der Waals surface area (Å²) < 4.78 is 21.0. The predicted molar refractivity (Wildman–Crippen MR) is 96.0 cm³/mol. The van der Waals surface area contributed by atoms with Crippen LogP contribution in [-0.4, -0.2) is 36.4 Å². The van der Waals surface area contributed by atoms with Gasteiger partial charge in [0.05, 0.1) is 17.3 Å². The number of ether oxygens (including phenoxy) is 1. The van der Waals surface area contributed by atoms with E-state index in [0.29, 0.717) is 6.29 Å². The second-order valence-corrected chi connectivity index (χ2v) is 6.30. The first-order valence-corrected chi connectivity index (χ1v) is 8.36. The van der Waals surface area contributed by atoms with E-state index in [-0.39, 0.29) is 34.3 Å². The molecule has 9 heteroatoms. The number of aldehydes is 1. The first-order valence-electron chi connectivity index (χ1n) is 8.36. The lowest BCUT2D eigenvalue weighted by molar-refractivity contribution is -0.303. The van der Waals surface area contributed by atoms with Crippen molar-refractivity contribution in [3.05, 3.63) is 59.7 Å². The number of phenolic OH excluding ortho intramolecular Hbond substituents is 1. The van der Waals surface area contributed by atoms with E-state index < -0.39 is 17.5 Å². The van der Waals surface area contributed by atoms with Crippen LogP contribution in [0.2, 0.25) is 0 Å². The molecule has 2 aromatic heterocycles. The number of benzene rings is 1. The number of aromatic nitrogens is 3. The van der Waals surface area contributed by atoms with E-state index in [0.717, 1.165) is 6.20 Å². The van der Waals surface area contributed by atoms with Crippen molar-refractivity contribution in [1.82, 2.24) is 14.8 Å². The number of aliphatic hydroxyl groups is 2. The molecular formula is C19H18FN3O5. The summed E-state index contributed by atoms with van der Waals surface area (Å²) in [5.74, 6) is -4.34. The van der Waals surface area contributed by atoms with Gasteiger partial charge < -0.3 is 20.1 Å². The number of hydrogen-bond acceptors (Lipinski definition) is 7. The molecule has 0 aliphatic rings. The van der Waals surface area contributed by atoms with Crippen molar-refractivity contribution >= 4 is 6.29 Å². The molecule has 0 aliphatic heterocycles. The lowest BCUT2D eigenvalue weighted by Crippen LogP contribution is -2.34. The quantitative estimate of drug-likeness (QED) is 0.439. The zero-order valence-corrected chi connectivity index (χ0v) is 15.1. The SMILES string of the molecule is CC(C)n1ncc(F)c1-c1ncccc1C(O)(O)Oc1cccc(O)c1C=O. The largest absolute Gasteiger partial charge is 0.507 e. The Morgan fingerprint density at radius 3 is 2.68 bits per heavy atom. The zero-order chi connectivity index (χ0) is 20.5. The highest BCUT2D eigenvalue weighted by atomic mass is 19.1. The van der Waals surface area contributed by atoms with Gasteiger partial charge in [-0.05, 0) is 38.1 Å². The van der Waals surface area contributed by atoms with Crippen LogP contribution in [0.1, 0.15) is 35.8 Å². The van der Waals surface area contributed by atoms with Crippen LogP contribution in [0, 0.1) is 5.82 Å². The number of rotatable bonds is 6. The molecule has 146 valence electrons. The molecule has 3 aromatic rings. The topological polar surface area (TPSA) is 118 Å². The van der Waals surface area contributed by atoms with Crippen molar-refractivity contribution < 1.29 is 29.2 Å². The molecule has 0 aliphatic carbocycles. The summed E-state index contributed by atoms with van der Waals surface area (Å²) in [6.07, 6.45) is 2.68. The van der Waals surface area contributed by atoms with Crippen molar-refractivity contribution in [1.29, 1.82) is 0 Å². The minimum Gasteiger partial charge on any atom is -0.507 e. The summed E-state index contributed by atoms with van der Waals surface area (Å²) in [7, 11) is 0. The fraction of sp³-hybridized carbons (Fsp3) is 0.211. The zero-order valence-electron chi connectivity index (χ0n) is 15.1. The Morgan fingerprint density at radius 2 is 2.00 bits per heavy atom. The van der Waals surface area contributed by atoms with Gasteiger partial charge in [-0.15, -0.1) is 0 Å². The predicted octanol–water partition coefficient (Wildman–Crippen LogP) is 2.36. The first-order chi connectivity index (χ1) is 13.3. The fourth-order valence-corrected chi connectivity index (χ4v) is 2.76. The van der Waals surface area contributed by atoms with E-state index in [1.165, 1.54) is 41.2 Å². The van der Waals surface area contributed by atoms with Crippen LogP contribution in [0.15, 0.2) is 42.7 Å². The van der Waals surface area contributed by atoms with Gasteiger partial charge in [-0.2, -0.15) is 5.10 Å². The number of hydrogen-bond donors (Lipinski definition) is 3. The van der Waals surface area contributed by atoms with Gasteiger partial charge >= 0.3 is 5.97 Å². The van der Waals surface area contributed by atoms with Crippen molar-refractivity contribution in [2.24, 2.45) is 0 Å². The highest BCUT2D eigenvalue weighted by Crippen LogP contribution is 2.35. The maximum atomic E-state index is 14.4. The third-order valence-corrected chi connectivity index (χ3v) is 4.04. The van der Waals surface area contributed by atoms with Crippen LogP contribution in [0.25, 0.3) is 11.4 Å². The number of pyridine rings is 1. The number of aromatic hydroxyl groups is 1. The molecular weight excluding hydrogens is 369 g/mol. The van der Waals surface area contributed by atoms with Gasteiger partial charge in [-0.25, -0.2) is 4.39 Å². The van der Waals surface area contributed by atoms with E-state index in [2.05, 4.69) is 10.1 Å². The summed E-state index contributed by atoms with van der Waals surface area (Å²) >= 11 is 0. The van der Waals surface area contributed by atoms with Crippen LogP contribution in [0.3, 0.4) is 0 Å². The Morgan fingerprint density at radius 1 is 1.25 bits per heavy atom. The van der Waals surface area contributed by atoms with Gasteiger partial charge in [0.25, 0.3) is 0 Å². The smallest absolute Gasteiger partial charge is 0.353 e. The van der Waals surface area contributed by atoms with Gasteiger partial charge in [0.1, 0.15) is 22.9 Å². The van der Waals surface area contributed by atoms with Gasteiger partial charge in [-0.1, -0.05) is 6.07 Å². The van der Waals surface area contributed by atoms with Crippen LogP contribution in [0.5, 0.6) is 11.5 Å². The number of nitrogens with zero attached hydrogens (tertiary/aromatic N) is 3. The molecule has 0 radical (unpaired) electrons. The van der Waals surface area contributed by atoms with Crippen molar-refractivity contribution in [2.75, 3.05) is 0 Å². The molecule has 28 heavy (non-hydrogen) atoms. The minimum atomic E-state index is -2.98. The lowest BCUT2D eigenvalue weighted by atomic mass is 10.1. The Hall–Kier alpha value is -3.30. The maximum Gasteiger partial charge on any atom is 0.353 e. The van der Waals surface area contributed by atoms with Crippen LogP contribution >= 0.6 is 0 Å². The number of phenols is 1. The summed E-state index contributed by atoms with van der Waals surface area (Å²) in [4.78, 5) is 15.3. The van der Waals surface area contributed by atoms with Crippen LogP contribution in [-0.2, 0) is 5.97 Å². The molecule has 2 heterocycles. The monoisotopic (exact) mass is 387 g/mol. The standard InChI is InChI=1S/C19H18FN3O5/c1-11(2)23-18(14(20)9-22-23)17-13(5-4-8-21-17)19(26,27)28-16-7-3-6-15(25)12(16)10-24/h3-11,25-27H,1-2H3. The Bertz CT molecular complexity index is 1020. The van der Waals surface area contributed by atoms with Crippen LogP contribution < -0.4 is 4.74 Å². The molecule has 0 atom stereocenters. The summed E-state index contributed by atoms with van der Waals surface area (Å²) in [5, 5.41) is 34.9. The molecule has 0 bridgehead atoms. The van der Waals surface area contributed by atoms with Gasteiger partial charge in [-0.3, -0.25) is 14.5 Å². The first kappa shape index (κ1) is 19.5. The van der Waals surface area contributed by atoms with Crippen LogP contribution in [0.4, 0.5) is 4.39 Å². The molecule has 0 saturated heterocycles. The summed E-state index contributed by atoms with van der Waals surface area (Å²) in [6.45, 7) is 3.56. The van der Waals surface area contributed by atoms with Gasteiger partial charge in [0.2, 0.25) is 0 Å². The molecule has 1 aromatic carbocycles. The summed E-state index contributed by atoms with van der Waals surface area (Å²) in [5.41, 5.74) is -0.674. The summed E-state index contributed by atoms with van der Waals surface area (Å²) in [6, 6.07) is 6.38. The third kappa shape index (κ3) is 3.45. The van der Waals surface area contributed by atoms with E-state index >= 15 is 0 Å². The number of halogens is 1. The molecule has 3 N–H and O–H groups in total. The van der Waals surface area contributed by atoms with E-state index in [9.17, 15) is 24.5 Å². The third-order valence-electron chi connectivity index (χ3n) is 4.04. The number of carbonyl (C=O) groups excluding carboxylic acids is 1. The second-order valence-electron chi connectivity index (χ2n) is 6.30. The highest BCUT2D eigenvalue weighted by molar-refractivity contribution is 5.83. The van der Waals surface area contributed by atoms with Crippen molar-refractivity contribution in [2.45, 2.75) is 25.9 Å². The molecule has 0 saturated carbocycles. The minimum absolute atomic E-state index is 0.0480. The molecule has 0 spiro atoms. The Kier molecular flexibility index (Phi) is 5.12. The van der Waals surface area contributed by atoms with Crippen molar-refractivity contribution in [3.63, 3.8) is 0 Å². The molecule has 3 rings (SSSR count).